The third-order valence-electron chi connectivity index (χ3n) is 4.87. The molecule has 1 aromatic heterocycles. The first-order valence-electron chi connectivity index (χ1n) is 11.3. The molecule has 0 saturated carbocycles. The van der Waals surface area contributed by atoms with Gasteiger partial charge in [-0.2, -0.15) is 13.2 Å². The monoisotopic (exact) mass is 470 g/mol. The van der Waals surface area contributed by atoms with Crippen LogP contribution in [0, 0.1) is 5.92 Å². The van der Waals surface area contributed by atoms with E-state index in [0.29, 0.717) is 17.3 Å². The number of dihydropyridines is 1. The van der Waals surface area contributed by atoms with Gasteiger partial charge in [0, 0.05) is 19.3 Å². The Labute approximate surface area is 197 Å². The van der Waals surface area contributed by atoms with Crippen molar-refractivity contribution in [1.82, 2.24) is 15.2 Å². The Kier molecular flexibility index (Phi) is 15.0. The first kappa shape index (κ1) is 30.5. The molecule has 1 aliphatic rings. The number of halogens is 3. The van der Waals surface area contributed by atoms with Gasteiger partial charge in [0.2, 0.25) is 0 Å². The van der Waals surface area contributed by atoms with Crippen LogP contribution in [0.3, 0.4) is 0 Å². The number of aromatic nitrogens is 1. The minimum atomic E-state index is -4.37. The highest BCUT2D eigenvalue weighted by Gasteiger charge is 2.35. The van der Waals surface area contributed by atoms with Crippen molar-refractivity contribution in [3.63, 3.8) is 0 Å². The summed E-state index contributed by atoms with van der Waals surface area (Å²) in [5.74, 6) is 1.97. The lowest BCUT2D eigenvalue weighted by molar-refractivity contribution is -0.0879. The lowest BCUT2D eigenvalue weighted by Gasteiger charge is -2.20. The molecule has 0 saturated heterocycles. The summed E-state index contributed by atoms with van der Waals surface area (Å²) in [6, 6.07) is 3.44. The molecular formula is C25H41F3N4O. The Morgan fingerprint density at radius 3 is 2.39 bits per heavy atom. The third-order valence-corrected chi connectivity index (χ3v) is 4.87. The molecule has 1 unspecified atom stereocenters. The molecule has 5 nitrogen and oxygen atoms in total. The van der Waals surface area contributed by atoms with E-state index in [2.05, 4.69) is 52.9 Å². The predicted molar refractivity (Wildman–Crippen MR) is 133 cm³/mol. The lowest BCUT2D eigenvalue weighted by atomic mass is 9.99. The Morgan fingerprint density at radius 1 is 1.30 bits per heavy atom. The van der Waals surface area contributed by atoms with Crippen molar-refractivity contribution in [2.24, 2.45) is 5.92 Å². The van der Waals surface area contributed by atoms with Crippen molar-refractivity contribution in [2.75, 3.05) is 46.2 Å². The van der Waals surface area contributed by atoms with Crippen LogP contribution in [0.5, 0.6) is 0 Å². The van der Waals surface area contributed by atoms with Gasteiger partial charge in [0.25, 0.3) is 0 Å². The summed E-state index contributed by atoms with van der Waals surface area (Å²) in [7, 11) is 5.71. The van der Waals surface area contributed by atoms with Gasteiger partial charge in [-0.3, -0.25) is 0 Å². The zero-order chi connectivity index (χ0) is 25.4. The number of nitrogens with one attached hydrogen (secondary N) is 2. The van der Waals surface area contributed by atoms with Crippen LogP contribution in [0.25, 0.3) is 5.57 Å². The first-order chi connectivity index (χ1) is 15.6. The van der Waals surface area contributed by atoms with E-state index < -0.39 is 11.7 Å². The average molecular weight is 471 g/mol. The molecule has 1 aromatic rings. The van der Waals surface area contributed by atoms with Crippen LogP contribution >= 0.6 is 0 Å². The van der Waals surface area contributed by atoms with Crippen LogP contribution in [0.4, 0.5) is 19.0 Å². The first-order valence-corrected chi connectivity index (χ1v) is 11.3. The molecule has 2 rings (SSSR count). The van der Waals surface area contributed by atoms with Crippen molar-refractivity contribution in [2.45, 2.75) is 46.7 Å². The Balaban J connectivity index is 0.00000129. The minimum absolute atomic E-state index is 0.141. The van der Waals surface area contributed by atoms with Gasteiger partial charge >= 0.3 is 6.18 Å². The Bertz CT molecular complexity index is 741. The van der Waals surface area contributed by atoms with Gasteiger partial charge in [0.05, 0.1) is 18.4 Å². The van der Waals surface area contributed by atoms with Crippen LogP contribution in [0.15, 0.2) is 48.5 Å². The normalized spacial score (nSPS) is 13.8. The fourth-order valence-corrected chi connectivity index (χ4v) is 2.84. The van der Waals surface area contributed by atoms with Gasteiger partial charge in [-0.25, -0.2) is 4.98 Å². The third kappa shape index (κ3) is 12.4. The predicted octanol–water partition coefficient (Wildman–Crippen LogP) is 6.10. The highest BCUT2D eigenvalue weighted by molar-refractivity contribution is 5.74. The maximum atomic E-state index is 13.2. The van der Waals surface area contributed by atoms with Gasteiger partial charge in [-0.05, 0) is 75.4 Å². The maximum Gasteiger partial charge on any atom is 0.416 e. The zero-order valence-electron chi connectivity index (χ0n) is 21.1. The van der Waals surface area contributed by atoms with E-state index in [1.54, 1.807) is 26.2 Å². The molecule has 0 amide bonds. The maximum absolute atomic E-state index is 13.2. The summed E-state index contributed by atoms with van der Waals surface area (Å²) >= 11 is 0. The number of pyridine rings is 1. The molecule has 0 aromatic carbocycles. The summed E-state index contributed by atoms with van der Waals surface area (Å²) < 4.78 is 44.0. The smallest absolute Gasteiger partial charge is 0.416 e. The largest absolute Gasteiger partial charge is 0.502 e. The van der Waals surface area contributed by atoms with Gasteiger partial charge < -0.3 is 20.3 Å². The van der Waals surface area contributed by atoms with Crippen LogP contribution in [-0.2, 0) is 4.74 Å². The summed E-state index contributed by atoms with van der Waals surface area (Å²) in [5.41, 5.74) is 0.0873. The Morgan fingerprint density at radius 2 is 1.94 bits per heavy atom. The molecule has 0 aliphatic carbocycles. The standard InChI is InChI=1S/C19H27F3N4.C4H8O.C2H6/c1-4-14(8-10-26(2)3)11-24-18-6-5-15(12-25-18)16-13-23-9-7-17(16)19(20,21)22;1-4(2)5-3;1-2/h5-7,9,12,14,23H,4,8,10-11,13H2,1-3H3,(H,24,25);1H2,2-3H3;1-2H3. The van der Waals surface area contributed by atoms with Gasteiger partial charge in [0.1, 0.15) is 5.82 Å². The summed E-state index contributed by atoms with van der Waals surface area (Å²) in [5, 5.41) is 6.13. The second-order valence-electron chi connectivity index (χ2n) is 7.69. The number of nitrogens with zero attached hydrogens (tertiary/aromatic N) is 2. The van der Waals surface area contributed by atoms with Crippen LogP contribution in [-0.4, -0.2) is 56.9 Å². The molecule has 2 heterocycles. The van der Waals surface area contributed by atoms with Crippen molar-refractivity contribution >= 4 is 11.4 Å². The van der Waals surface area contributed by atoms with E-state index in [9.17, 15) is 13.2 Å². The highest BCUT2D eigenvalue weighted by Crippen LogP contribution is 2.34. The number of anilines is 1. The summed E-state index contributed by atoms with van der Waals surface area (Å²) in [6.07, 6.45) is 1.69. The minimum Gasteiger partial charge on any atom is -0.502 e. The highest BCUT2D eigenvalue weighted by atomic mass is 19.4. The van der Waals surface area contributed by atoms with Crippen molar-refractivity contribution in [3.8, 4) is 0 Å². The van der Waals surface area contributed by atoms with Gasteiger partial charge in [-0.15, -0.1) is 0 Å². The second kappa shape index (κ2) is 16.2. The van der Waals surface area contributed by atoms with Crippen molar-refractivity contribution in [3.05, 3.63) is 54.1 Å². The number of allylic oxidation sites excluding steroid dienone is 3. The molecular weight excluding hydrogens is 429 g/mol. The average Bonchev–Trinajstić information content (AvgIpc) is 2.80. The van der Waals surface area contributed by atoms with Crippen LogP contribution in [0.2, 0.25) is 0 Å². The molecule has 0 radical (unpaired) electrons. The molecule has 0 bridgehead atoms. The van der Waals surface area contributed by atoms with Crippen LogP contribution in [0.1, 0.15) is 46.1 Å². The second-order valence-corrected chi connectivity index (χ2v) is 7.69. The van der Waals surface area contributed by atoms with Crippen molar-refractivity contribution < 1.29 is 17.9 Å². The van der Waals surface area contributed by atoms with E-state index >= 15 is 0 Å². The number of ether oxygens (including phenoxy) is 1. The zero-order valence-corrected chi connectivity index (χ0v) is 21.1. The van der Waals surface area contributed by atoms with E-state index in [1.807, 2.05) is 13.8 Å². The number of alkyl halides is 3. The Hall–Kier alpha value is -2.48. The van der Waals surface area contributed by atoms with Crippen molar-refractivity contribution in [1.29, 1.82) is 0 Å². The molecule has 8 heteroatoms. The molecule has 1 aliphatic heterocycles. The van der Waals surface area contributed by atoms with E-state index in [-0.39, 0.29) is 12.1 Å². The van der Waals surface area contributed by atoms with Gasteiger partial charge in [0.15, 0.2) is 0 Å². The molecule has 33 heavy (non-hydrogen) atoms. The molecule has 0 fully saturated rings. The quantitative estimate of drug-likeness (QED) is 0.427. The number of methoxy groups -OCH3 is 1. The summed E-state index contributed by atoms with van der Waals surface area (Å²) in [4.78, 5) is 6.46. The molecule has 188 valence electrons. The molecule has 2 N–H and O–H groups in total. The number of hydrogen-bond donors (Lipinski definition) is 2. The van der Waals surface area contributed by atoms with E-state index in [1.165, 1.54) is 12.4 Å². The fraction of sp³-hybridized carbons (Fsp3) is 0.560. The van der Waals surface area contributed by atoms with E-state index in [4.69, 9.17) is 0 Å². The van der Waals surface area contributed by atoms with Crippen LogP contribution < -0.4 is 10.6 Å². The summed E-state index contributed by atoms with van der Waals surface area (Å²) in [6.45, 7) is 13.4. The molecule has 0 spiro atoms. The lowest BCUT2D eigenvalue weighted by Crippen LogP contribution is -2.22. The van der Waals surface area contributed by atoms with Gasteiger partial charge in [-0.1, -0.05) is 33.8 Å². The topological polar surface area (TPSA) is 49.4 Å². The van der Waals surface area contributed by atoms with E-state index in [0.717, 1.165) is 37.8 Å². The fourth-order valence-electron chi connectivity index (χ4n) is 2.84. The number of rotatable bonds is 9. The SMILES string of the molecule is C=C(C)OC.CC.CCC(CCN(C)C)CNc1ccc(C2=C(C(F)(F)F)C=CNC2)cn1. The molecule has 1 atom stereocenters. The number of hydrogen-bond acceptors (Lipinski definition) is 5.